The SMILES string of the molecule is CNC(=O)OC1CCC(C(F)C(=O)N2CCOC2=O)CC1. The molecule has 1 atom stereocenters. The zero-order chi connectivity index (χ0) is 15.4. The van der Waals surface area contributed by atoms with Crippen molar-refractivity contribution in [3.63, 3.8) is 0 Å². The van der Waals surface area contributed by atoms with Gasteiger partial charge in [-0.1, -0.05) is 0 Å². The molecule has 1 N–H and O–H groups in total. The Morgan fingerprint density at radius 1 is 1.38 bits per heavy atom. The van der Waals surface area contributed by atoms with Crippen molar-refractivity contribution in [2.24, 2.45) is 5.92 Å². The lowest BCUT2D eigenvalue weighted by molar-refractivity contribution is -0.135. The molecule has 118 valence electrons. The van der Waals surface area contributed by atoms with Gasteiger partial charge in [0.05, 0.1) is 6.54 Å². The van der Waals surface area contributed by atoms with Crippen molar-refractivity contribution in [2.75, 3.05) is 20.2 Å². The predicted molar refractivity (Wildman–Crippen MR) is 69.2 cm³/mol. The Hall–Kier alpha value is -1.86. The van der Waals surface area contributed by atoms with Crippen LogP contribution >= 0.6 is 0 Å². The highest BCUT2D eigenvalue weighted by Crippen LogP contribution is 2.31. The van der Waals surface area contributed by atoms with Gasteiger partial charge in [-0.2, -0.15) is 0 Å². The first kappa shape index (κ1) is 15.5. The molecule has 2 fully saturated rings. The predicted octanol–water partition coefficient (Wildman–Crippen LogP) is 1.22. The van der Waals surface area contributed by atoms with E-state index in [0.717, 1.165) is 4.90 Å². The molecule has 0 aromatic rings. The van der Waals surface area contributed by atoms with E-state index in [4.69, 9.17) is 4.74 Å². The van der Waals surface area contributed by atoms with Crippen LogP contribution in [0.4, 0.5) is 14.0 Å². The first-order chi connectivity index (χ1) is 10.0. The second kappa shape index (κ2) is 6.73. The van der Waals surface area contributed by atoms with E-state index in [9.17, 15) is 18.8 Å². The molecule has 1 unspecified atom stereocenters. The number of hydrogen-bond acceptors (Lipinski definition) is 5. The Kier molecular flexibility index (Phi) is 4.98. The number of alkyl halides is 1. The molecule has 8 heteroatoms. The zero-order valence-electron chi connectivity index (χ0n) is 11.8. The van der Waals surface area contributed by atoms with Crippen LogP contribution in [-0.2, 0) is 14.3 Å². The van der Waals surface area contributed by atoms with E-state index in [0.29, 0.717) is 25.7 Å². The number of alkyl carbamates (subject to hydrolysis) is 1. The van der Waals surface area contributed by atoms with Gasteiger partial charge >= 0.3 is 12.2 Å². The lowest BCUT2D eigenvalue weighted by atomic mass is 9.84. The van der Waals surface area contributed by atoms with Crippen molar-refractivity contribution in [1.29, 1.82) is 0 Å². The molecule has 7 nitrogen and oxygen atoms in total. The summed E-state index contributed by atoms with van der Waals surface area (Å²) in [5.74, 6) is -1.27. The van der Waals surface area contributed by atoms with Gasteiger partial charge in [-0.15, -0.1) is 0 Å². The maximum absolute atomic E-state index is 14.2. The van der Waals surface area contributed by atoms with Crippen molar-refractivity contribution in [3.05, 3.63) is 0 Å². The molecular weight excluding hydrogens is 283 g/mol. The van der Waals surface area contributed by atoms with E-state index in [1.54, 1.807) is 0 Å². The summed E-state index contributed by atoms with van der Waals surface area (Å²) in [6, 6.07) is 0. The molecule has 1 saturated carbocycles. The number of nitrogens with zero attached hydrogens (tertiary/aromatic N) is 1. The second-order valence-electron chi connectivity index (χ2n) is 5.20. The van der Waals surface area contributed by atoms with E-state index in [1.165, 1.54) is 7.05 Å². The van der Waals surface area contributed by atoms with E-state index in [2.05, 4.69) is 10.1 Å². The summed E-state index contributed by atoms with van der Waals surface area (Å²) >= 11 is 0. The van der Waals surface area contributed by atoms with Gasteiger partial charge < -0.3 is 14.8 Å². The highest BCUT2D eigenvalue weighted by Gasteiger charge is 2.39. The number of hydrogen-bond donors (Lipinski definition) is 1. The number of cyclic esters (lactones) is 1. The molecule has 2 aliphatic rings. The van der Waals surface area contributed by atoms with Gasteiger partial charge in [0, 0.05) is 7.05 Å². The Bertz CT molecular complexity index is 423. The minimum Gasteiger partial charge on any atom is -0.447 e. The van der Waals surface area contributed by atoms with Crippen LogP contribution in [0, 0.1) is 5.92 Å². The number of rotatable bonds is 3. The van der Waals surface area contributed by atoms with Crippen molar-refractivity contribution >= 4 is 18.1 Å². The minimum atomic E-state index is -1.71. The summed E-state index contributed by atoms with van der Waals surface area (Å²) in [5.41, 5.74) is 0. The van der Waals surface area contributed by atoms with Crippen LogP contribution in [0.15, 0.2) is 0 Å². The van der Waals surface area contributed by atoms with Crippen LogP contribution in [0.2, 0.25) is 0 Å². The average Bonchev–Trinajstić information content (AvgIpc) is 2.92. The van der Waals surface area contributed by atoms with Gasteiger partial charge in [0.25, 0.3) is 5.91 Å². The van der Waals surface area contributed by atoms with Crippen LogP contribution in [0.3, 0.4) is 0 Å². The van der Waals surface area contributed by atoms with Crippen LogP contribution in [0.5, 0.6) is 0 Å². The number of imide groups is 1. The molecule has 0 spiro atoms. The lowest BCUT2D eigenvalue weighted by Crippen LogP contribution is -2.42. The highest BCUT2D eigenvalue weighted by atomic mass is 19.1. The second-order valence-corrected chi connectivity index (χ2v) is 5.20. The fraction of sp³-hybridized carbons (Fsp3) is 0.769. The summed E-state index contributed by atoms with van der Waals surface area (Å²) < 4.78 is 24.0. The van der Waals surface area contributed by atoms with E-state index < -0.39 is 30.2 Å². The average molecular weight is 302 g/mol. The molecule has 1 saturated heterocycles. The number of carbonyl (C=O) groups is 3. The molecule has 0 aromatic heterocycles. The number of carbonyl (C=O) groups excluding carboxylic acids is 3. The maximum atomic E-state index is 14.2. The Labute approximate surface area is 121 Å². The van der Waals surface area contributed by atoms with Crippen molar-refractivity contribution < 1.29 is 28.2 Å². The lowest BCUT2D eigenvalue weighted by Gasteiger charge is -2.30. The number of nitrogens with one attached hydrogen (secondary N) is 1. The van der Waals surface area contributed by atoms with Crippen molar-refractivity contribution in [1.82, 2.24) is 10.2 Å². The number of ether oxygens (including phenoxy) is 2. The maximum Gasteiger partial charge on any atom is 0.416 e. The minimum absolute atomic E-state index is 0.104. The third-order valence-electron chi connectivity index (χ3n) is 3.87. The summed E-state index contributed by atoms with van der Waals surface area (Å²) in [4.78, 5) is 35.1. The fourth-order valence-corrected chi connectivity index (χ4v) is 2.65. The topological polar surface area (TPSA) is 84.9 Å². The third-order valence-corrected chi connectivity index (χ3v) is 3.87. The fourth-order valence-electron chi connectivity index (χ4n) is 2.65. The van der Waals surface area contributed by atoms with Crippen molar-refractivity contribution in [2.45, 2.75) is 38.0 Å². The Morgan fingerprint density at radius 3 is 2.57 bits per heavy atom. The van der Waals surface area contributed by atoms with Crippen LogP contribution in [0.1, 0.15) is 25.7 Å². The first-order valence-corrected chi connectivity index (χ1v) is 7.03. The standard InChI is InChI=1S/C13H19FN2O5/c1-15-12(18)21-9-4-2-8(3-5-9)10(14)11(17)16-6-7-20-13(16)19/h8-10H,2-7H2,1H3,(H,15,18). The monoisotopic (exact) mass is 302 g/mol. The number of halogens is 1. The summed E-state index contributed by atoms with van der Waals surface area (Å²) in [6.45, 7) is 0.219. The van der Waals surface area contributed by atoms with Crippen LogP contribution in [-0.4, -0.2) is 55.5 Å². The summed E-state index contributed by atoms with van der Waals surface area (Å²) in [6.07, 6.45) is -1.34. The number of amides is 3. The smallest absolute Gasteiger partial charge is 0.416 e. The highest BCUT2D eigenvalue weighted by molar-refractivity contribution is 5.95. The summed E-state index contributed by atoms with van der Waals surface area (Å²) in [5, 5.41) is 2.36. The van der Waals surface area contributed by atoms with Gasteiger partial charge in [-0.3, -0.25) is 4.79 Å². The summed E-state index contributed by atoms with van der Waals surface area (Å²) in [7, 11) is 1.47. The Morgan fingerprint density at radius 2 is 2.05 bits per heavy atom. The van der Waals surface area contributed by atoms with Gasteiger partial charge in [-0.05, 0) is 31.6 Å². The quantitative estimate of drug-likeness (QED) is 0.847. The van der Waals surface area contributed by atoms with Crippen LogP contribution in [0.25, 0.3) is 0 Å². The largest absolute Gasteiger partial charge is 0.447 e. The first-order valence-electron chi connectivity index (χ1n) is 7.03. The van der Waals surface area contributed by atoms with E-state index in [1.807, 2.05) is 0 Å². The van der Waals surface area contributed by atoms with Crippen molar-refractivity contribution in [3.8, 4) is 0 Å². The molecule has 21 heavy (non-hydrogen) atoms. The van der Waals surface area contributed by atoms with Crippen LogP contribution < -0.4 is 5.32 Å². The molecule has 0 bridgehead atoms. The molecule has 0 radical (unpaired) electrons. The van der Waals surface area contributed by atoms with Gasteiger partial charge in [-0.25, -0.2) is 18.9 Å². The molecule has 1 aliphatic heterocycles. The van der Waals surface area contributed by atoms with Gasteiger partial charge in [0.15, 0.2) is 6.17 Å². The third kappa shape index (κ3) is 3.62. The van der Waals surface area contributed by atoms with E-state index in [-0.39, 0.29) is 19.3 Å². The van der Waals surface area contributed by atoms with Gasteiger partial charge in [0.2, 0.25) is 0 Å². The molecule has 1 aliphatic carbocycles. The Balaban J connectivity index is 1.82. The molecule has 1 heterocycles. The molecule has 3 amide bonds. The molecule has 2 rings (SSSR count). The van der Waals surface area contributed by atoms with E-state index >= 15 is 0 Å². The molecule has 0 aromatic carbocycles. The normalized spacial score (nSPS) is 27.0. The molecular formula is C13H19FN2O5. The zero-order valence-corrected chi connectivity index (χ0v) is 11.8. The van der Waals surface area contributed by atoms with Gasteiger partial charge in [0.1, 0.15) is 12.7 Å².